The van der Waals surface area contributed by atoms with E-state index in [1.165, 1.54) is 12.8 Å². The average Bonchev–Trinajstić information content (AvgIpc) is 2.70. The molecule has 1 fully saturated rings. The molecule has 0 aromatic heterocycles. The number of nitrogens with two attached hydrogens (primary N) is 1. The van der Waals surface area contributed by atoms with Gasteiger partial charge in [-0.3, -0.25) is 9.00 Å². The van der Waals surface area contributed by atoms with E-state index in [2.05, 4.69) is 0 Å². The third-order valence-corrected chi connectivity index (χ3v) is 4.98. The molecule has 1 aromatic rings. The standard InChI is InChI=1S/C15H22N2O2S/c1-12-6-7-13(16)14(10-12)20(19)11-15(18)17-8-4-2-3-5-9-17/h6-7,10H,2-5,8-9,11,16H2,1H3. The Kier molecular flexibility index (Phi) is 5.17. The van der Waals surface area contributed by atoms with Gasteiger partial charge in [0.25, 0.3) is 0 Å². The SMILES string of the molecule is Cc1ccc(N)c(S(=O)CC(=O)N2CCCCCC2)c1. The van der Waals surface area contributed by atoms with Crippen molar-refractivity contribution < 1.29 is 9.00 Å². The predicted octanol–water partition coefficient (Wildman–Crippen LogP) is 2.09. The smallest absolute Gasteiger partial charge is 0.235 e. The molecule has 5 heteroatoms. The van der Waals surface area contributed by atoms with Crippen molar-refractivity contribution in [3.63, 3.8) is 0 Å². The van der Waals surface area contributed by atoms with Crippen LogP contribution in [-0.2, 0) is 15.6 Å². The van der Waals surface area contributed by atoms with Gasteiger partial charge >= 0.3 is 0 Å². The van der Waals surface area contributed by atoms with Gasteiger partial charge in [-0.05, 0) is 37.5 Å². The van der Waals surface area contributed by atoms with Crippen LogP contribution in [0.25, 0.3) is 0 Å². The molecule has 0 radical (unpaired) electrons. The Morgan fingerprint density at radius 1 is 1.25 bits per heavy atom. The van der Waals surface area contributed by atoms with Crippen LogP contribution in [0.3, 0.4) is 0 Å². The highest BCUT2D eigenvalue weighted by atomic mass is 32.2. The molecule has 2 N–H and O–H groups in total. The number of benzene rings is 1. The van der Waals surface area contributed by atoms with Crippen molar-refractivity contribution in [1.29, 1.82) is 0 Å². The quantitative estimate of drug-likeness (QED) is 0.868. The fraction of sp³-hybridized carbons (Fsp3) is 0.533. The molecule has 1 unspecified atom stereocenters. The predicted molar refractivity (Wildman–Crippen MR) is 81.9 cm³/mol. The van der Waals surface area contributed by atoms with E-state index in [0.29, 0.717) is 10.6 Å². The van der Waals surface area contributed by atoms with Crippen molar-refractivity contribution in [3.05, 3.63) is 23.8 Å². The minimum atomic E-state index is -1.36. The topological polar surface area (TPSA) is 63.4 Å². The Balaban J connectivity index is 2.03. The van der Waals surface area contributed by atoms with Crippen molar-refractivity contribution in [3.8, 4) is 0 Å². The highest BCUT2D eigenvalue weighted by Crippen LogP contribution is 2.19. The van der Waals surface area contributed by atoms with Gasteiger partial charge in [0, 0.05) is 18.8 Å². The number of carbonyl (C=O) groups is 1. The van der Waals surface area contributed by atoms with Gasteiger partial charge in [-0.1, -0.05) is 18.9 Å². The van der Waals surface area contributed by atoms with E-state index in [1.54, 1.807) is 12.1 Å². The minimum Gasteiger partial charge on any atom is -0.398 e. The van der Waals surface area contributed by atoms with Crippen LogP contribution in [0.5, 0.6) is 0 Å². The second-order valence-electron chi connectivity index (χ2n) is 5.33. The molecule has 110 valence electrons. The van der Waals surface area contributed by atoms with Crippen molar-refractivity contribution in [2.75, 3.05) is 24.6 Å². The number of likely N-dealkylation sites (tertiary alicyclic amines) is 1. The molecule has 20 heavy (non-hydrogen) atoms. The second-order valence-corrected chi connectivity index (χ2v) is 6.75. The number of hydrogen-bond acceptors (Lipinski definition) is 3. The summed E-state index contributed by atoms with van der Waals surface area (Å²) in [5.41, 5.74) is 7.35. The molecule has 1 atom stereocenters. The lowest BCUT2D eigenvalue weighted by molar-refractivity contribution is -0.128. The van der Waals surface area contributed by atoms with E-state index in [9.17, 15) is 9.00 Å². The number of anilines is 1. The summed E-state index contributed by atoms with van der Waals surface area (Å²) in [5.74, 6) is 0.0133. The van der Waals surface area contributed by atoms with E-state index < -0.39 is 10.8 Å². The highest BCUT2D eigenvalue weighted by molar-refractivity contribution is 7.86. The van der Waals surface area contributed by atoms with E-state index in [0.717, 1.165) is 31.5 Å². The van der Waals surface area contributed by atoms with Gasteiger partial charge in [0.1, 0.15) is 5.75 Å². The van der Waals surface area contributed by atoms with Crippen molar-refractivity contribution >= 4 is 22.4 Å². The number of rotatable bonds is 3. The number of nitrogen functional groups attached to an aromatic ring is 1. The van der Waals surface area contributed by atoms with Gasteiger partial charge in [-0.15, -0.1) is 0 Å². The lowest BCUT2D eigenvalue weighted by Crippen LogP contribution is -2.35. The van der Waals surface area contributed by atoms with Crippen LogP contribution in [0, 0.1) is 6.92 Å². The Morgan fingerprint density at radius 2 is 1.90 bits per heavy atom. The molecule has 0 saturated carbocycles. The zero-order valence-corrected chi connectivity index (χ0v) is 12.7. The molecule has 1 aliphatic heterocycles. The largest absolute Gasteiger partial charge is 0.398 e. The normalized spacial score (nSPS) is 17.6. The Morgan fingerprint density at radius 3 is 2.55 bits per heavy atom. The van der Waals surface area contributed by atoms with Crippen LogP contribution in [0.4, 0.5) is 5.69 Å². The molecule has 1 amide bonds. The maximum atomic E-state index is 12.3. The number of carbonyl (C=O) groups excluding carboxylic acids is 1. The fourth-order valence-corrected chi connectivity index (χ4v) is 3.65. The summed E-state index contributed by atoms with van der Waals surface area (Å²) >= 11 is 0. The summed E-state index contributed by atoms with van der Waals surface area (Å²) in [5, 5.41) is 0. The molecule has 1 aromatic carbocycles. The van der Waals surface area contributed by atoms with Crippen LogP contribution in [0.1, 0.15) is 31.2 Å². The number of nitrogens with zero attached hydrogens (tertiary/aromatic N) is 1. The van der Waals surface area contributed by atoms with E-state index in [4.69, 9.17) is 5.73 Å². The molecule has 1 heterocycles. The summed E-state index contributed by atoms with van der Waals surface area (Å²) in [6.07, 6.45) is 4.45. The zero-order chi connectivity index (χ0) is 14.5. The highest BCUT2D eigenvalue weighted by Gasteiger charge is 2.19. The average molecular weight is 294 g/mol. The van der Waals surface area contributed by atoms with E-state index in [1.807, 2.05) is 17.9 Å². The van der Waals surface area contributed by atoms with Crippen molar-refractivity contribution in [2.45, 2.75) is 37.5 Å². The molecule has 0 bridgehead atoms. The first kappa shape index (κ1) is 15.0. The Bertz CT molecular complexity index is 509. The first-order valence-electron chi connectivity index (χ1n) is 7.10. The van der Waals surface area contributed by atoms with Gasteiger partial charge in [0.05, 0.1) is 15.7 Å². The molecule has 2 rings (SSSR count). The Hall–Kier alpha value is -1.36. The summed E-state index contributed by atoms with van der Waals surface area (Å²) in [6.45, 7) is 3.51. The second kappa shape index (κ2) is 6.88. The minimum absolute atomic E-state index is 0.0221. The van der Waals surface area contributed by atoms with Crippen LogP contribution in [-0.4, -0.2) is 33.9 Å². The number of amides is 1. The lowest BCUT2D eigenvalue weighted by atomic mass is 10.2. The van der Waals surface area contributed by atoms with Gasteiger partial charge in [-0.25, -0.2) is 0 Å². The molecule has 1 saturated heterocycles. The first-order chi connectivity index (χ1) is 9.58. The first-order valence-corrected chi connectivity index (χ1v) is 8.42. The summed E-state index contributed by atoms with van der Waals surface area (Å²) in [7, 11) is -1.36. The monoisotopic (exact) mass is 294 g/mol. The molecule has 0 spiro atoms. The van der Waals surface area contributed by atoms with Crippen molar-refractivity contribution in [1.82, 2.24) is 4.90 Å². The maximum absolute atomic E-state index is 12.3. The Labute approximate surface area is 122 Å². The van der Waals surface area contributed by atoms with Crippen LogP contribution in [0.2, 0.25) is 0 Å². The third kappa shape index (κ3) is 3.82. The molecule has 1 aliphatic rings. The molecular formula is C15H22N2O2S. The van der Waals surface area contributed by atoms with Gasteiger partial charge in [0.15, 0.2) is 0 Å². The third-order valence-electron chi connectivity index (χ3n) is 3.63. The molecule has 0 aliphatic carbocycles. The van der Waals surface area contributed by atoms with Gasteiger partial charge in [-0.2, -0.15) is 0 Å². The lowest BCUT2D eigenvalue weighted by Gasteiger charge is -2.20. The van der Waals surface area contributed by atoms with Crippen molar-refractivity contribution in [2.24, 2.45) is 0 Å². The zero-order valence-electron chi connectivity index (χ0n) is 11.9. The fourth-order valence-electron chi connectivity index (χ4n) is 2.44. The van der Waals surface area contributed by atoms with Crippen LogP contribution in [0.15, 0.2) is 23.1 Å². The number of hydrogen-bond donors (Lipinski definition) is 1. The summed E-state index contributed by atoms with van der Waals surface area (Å²) in [4.78, 5) is 14.6. The van der Waals surface area contributed by atoms with Crippen LogP contribution < -0.4 is 5.73 Å². The van der Waals surface area contributed by atoms with Crippen LogP contribution >= 0.6 is 0 Å². The summed E-state index contributed by atoms with van der Waals surface area (Å²) < 4.78 is 12.3. The maximum Gasteiger partial charge on any atom is 0.235 e. The van der Waals surface area contributed by atoms with Gasteiger partial charge < -0.3 is 10.6 Å². The van der Waals surface area contributed by atoms with Gasteiger partial charge in [0.2, 0.25) is 5.91 Å². The van der Waals surface area contributed by atoms with E-state index in [-0.39, 0.29) is 11.7 Å². The summed E-state index contributed by atoms with van der Waals surface area (Å²) in [6, 6.07) is 5.44. The van der Waals surface area contributed by atoms with E-state index >= 15 is 0 Å². The molecule has 4 nitrogen and oxygen atoms in total. The molecular weight excluding hydrogens is 272 g/mol. The number of aryl methyl sites for hydroxylation is 1.